The van der Waals surface area contributed by atoms with E-state index in [0.29, 0.717) is 5.92 Å². The standard InChI is InChI=1S/C13H22O2/c1-7-12(5)8-9(2)10-13(12,6)15-11(3,4)14-10/h7,9-10H,1,8H2,2-6H3/t9-,10+,12+,13+/m1/s1. The highest BCUT2D eigenvalue weighted by Crippen LogP contribution is 2.58. The van der Waals surface area contributed by atoms with E-state index >= 15 is 0 Å². The normalized spacial score (nSPS) is 52.9. The number of fused-ring (bicyclic) bond motifs is 1. The third-order valence-corrected chi connectivity index (χ3v) is 4.26. The van der Waals surface area contributed by atoms with Gasteiger partial charge in [-0.25, -0.2) is 0 Å². The second-order valence-corrected chi connectivity index (χ2v) is 5.95. The van der Waals surface area contributed by atoms with Gasteiger partial charge in [-0.05, 0) is 33.1 Å². The molecule has 0 aromatic heterocycles. The van der Waals surface area contributed by atoms with Gasteiger partial charge in [-0.1, -0.05) is 19.9 Å². The summed E-state index contributed by atoms with van der Waals surface area (Å²) in [7, 11) is 0. The lowest BCUT2D eigenvalue weighted by atomic mass is 9.76. The van der Waals surface area contributed by atoms with E-state index < -0.39 is 5.79 Å². The monoisotopic (exact) mass is 210 g/mol. The first-order valence-corrected chi connectivity index (χ1v) is 5.76. The molecular formula is C13H22O2. The van der Waals surface area contributed by atoms with Gasteiger partial charge in [-0.3, -0.25) is 0 Å². The summed E-state index contributed by atoms with van der Waals surface area (Å²) in [4.78, 5) is 0. The summed E-state index contributed by atoms with van der Waals surface area (Å²) in [5.41, 5.74) is -0.206. The molecule has 2 heteroatoms. The van der Waals surface area contributed by atoms with Crippen molar-refractivity contribution in [3.05, 3.63) is 12.7 Å². The summed E-state index contributed by atoms with van der Waals surface area (Å²) in [6.45, 7) is 14.6. The molecule has 0 radical (unpaired) electrons. The molecule has 2 rings (SSSR count). The van der Waals surface area contributed by atoms with Crippen molar-refractivity contribution in [2.75, 3.05) is 0 Å². The molecule has 15 heavy (non-hydrogen) atoms. The minimum atomic E-state index is -0.460. The number of hydrogen-bond donors (Lipinski definition) is 0. The van der Waals surface area contributed by atoms with Gasteiger partial charge in [0.05, 0.1) is 6.10 Å². The van der Waals surface area contributed by atoms with Crippen LogP contribution in [0.1, 0.15) is 41.0 Å². The minimum absolute atomic E-state index is 0.0187. The molecule has 2 aliphatic rings. The van der Waals surface area contributed by atoms with Crippen LogP contribution in [0.25, 0.3) is 0 Å². The molecule has 0 aromatic carbocycles. The van der Waals surface area contributed by atoms with Crippen molar-refractivity contribution in [1.29, 1.82) is 0 Å². The SMILES string of the molecule is C=C[C@@]1(C)C[C@@H](C)[C@@H]2OC(C)(C)O[C@@]21C. The topological polar surface area (TPSA) is 18.5 Å². The maximum absolute atomic E-state index is 6.14. The molecule has 4 atom stereocenters. The van der Waals surface area contributed by atoms with Crippen LogP contribution in [0.3, 0.4) is 0 Å². The highest BCUT2D eigenvalue weighted by atomic mass is 16.8. The van der Waals surface area contributed by atoms with Crippen LogP contribution in [0.4, 0.5) is 0 Å². The summed E-state index contributed by atoms with van der Waals surface area (Å²) in [6.07, 6.45) is 3.32. The Kier molecular flexibility index (Phi) is 2.13. The summed E-state index contributed by atoms with van der Waals surface area (Å²) < 4.78 is 12.2. The van der Waals surface area contributed by atoms with Crippen LogP contribution < -0.4 is 0 Å². The van der Waals surface area contributed by atoms with E-state index in [1.54, 1.807) is 0 Å². The van der Waals surface area contributed by atoms with Crippen LogP contribution in [0, 0.1) is 11.3 Å². The van der Waals surface area contributed by atoms with Gasteiger partial charge in [0, 0.05) is 5.41 Å². The first-order valence-electron chi connectivity index (χ1n) is 5.76. The van der Waals surface area contributed by atoms with Crippen LogP contribution in [0.5, 0.6) is 0 Å². The van der Waals surface area contributed by atoms with Crippen molar-refractivity contribution < 1.29 is 9.47 Å². The number of ether oxygens (including phenoxy) is 2. The molecule has 1 aliphatic heterocycles. The van der Waals surface area contributed by atoms with Gasteiger partial charge in [-0.2, -0.15) is 0 Å². The third-order valence-electron chi connectivity index (χ3n) is 4.26. The maximum Gasteiger partial charge on any atom is 0.164 e. The lowest BCUT2D eigenvalue weighted by Crippen LogP contribution is -2.45. The zero-order chi connectivity index (χ0) is 11.5. The first-order chi connectivity index (χ1) is 6.74. The van der Waals surface area contributed by atoms with Crippen LogP contribution in [-0.2, 0) is 9.47 Å². The molecule has 0 bridgehead atoms. The second kappa shape index (κ2) is 2.86. The Morgan fingerprint density at radius 1 is 1.27 bits per heavy atom. The van der Waals surface area contributed by atoms with Crippen molar-refractivity contribution in [3.8, 4) is 0 Å². The molecule has 2 fully saturated rings. The van der Waals surface area contributed by atoms with Crippen molar-refractivity contribution in [2.45, 2.75) is 58.5 Å². The van der Waals surface area contributed by atoms with Gasteiger partial charge in [0.2, 0.25) is 0 Å². The van der Waals surface area contributed by atoms with Gasteiger partial charge in [0.15, 0.2) is 5.79 Å². The van der Waals surface area contributed by atoms with Crippen LogP contribution in [-0.4, -0.2) is 17.5 Å². The van der Waals surface area contributed by atoms with E-state index in [-0.39, 0.29) is 17.1 Å². The molecule has 1 heterocycles. The Morgan fingerprint density at radius 2 is 1.87 bits per heavy atom. The average molecular weight is 210 g/mol. The highest BCUT2D eigenvalue weighted by Gasteiger charge is 2.65. The van der Waals surface area contributed by atoms with E-state index in [1.807, 2.05) is 19.9 Å². The summed E-state index contributed by atoms with van der Waals surface area (Å²) in [5.74, 6) is 0.0676. The number of hydrogen-bond acceptors (Lipinski definition) is 2. The van der Waals surface area contributed by atoms with Gasteiger partial charge in [0.1, 0.15) is 5.60 Å². The third kappa shape index (κ3) is 1.31. The predicted molar refractivity (Wildman–Crippen MR) is 60.5 cm³/mol. The second-order valence-electron chi connectivity index (χ2n) is 5.95. The lowest BCUT2D eigenvalue weighted by Gasteiger charge is -2.37. The van der Waals surface area contributed by atoms with Crippen molar-refractivity contribution >= 4 is 0 Å². The summed E-state index contributed by atoms with van der Waals surface area (Å²) in [5, 5.41) is 0. The first kappa shape index (κ1) is 11.2. The van der Waals surface area contributed by atoms with Crippen molar-refractivity contribution in [1.82, 2.24) is 0 Å². The Morgan fingerprint density at radius 3 is 2.40 bits per heavy atom. The minimum Gasteiger partial charge on any atom is -0.344 e. The molecule has 0 N–H and O–H groups in total. The van der Waals surface area contributed by atoms with Gasteiger partial charge in [0.25, 0.3) is 0 Å². The number of rotatable bonds is 1. The van der Waals surface area contributed by atoms with E-state index in [0.717, 1.165) is 6.42 Å². The van der Waals surface area contributed by atoms with Gasteiger partial charge in [-0.15, -0.1) is 6.58 Å². The zero-order valence-electron chi connectivity index (χ0n) is 10.5. The molecular weight excluding hydrogens is 188 g/mol. The van der Waals surface area contributed by atoms with Crippen molar-refractivity contribution in [2.24, 2.45) is 11.3 Å². The Labute approximate surface area is 92.6 Å². The molecule has 0 unspecified atom stereocenters. The Hall–Kier alpha value is -0.340. The Balaban J connectivity index is 2.41. The van der Waals surface area contributed by atoms with Gasteiger partial charge >= 0.3 is 0 Å². The van der Waals surface area contributed by atoms with Crippen molar-refractivity contribution in [3.63, 3.8) is 0 Å². The molecule has 0 amide bonds. The molecule has 2 nitrogen and oxygen atoms in total. The fraction of sp³-hybridized carbons (Fsp3) is 0.846. The molecule has 0 spiro atoms. The molecule has 0 aromatic rings. The lowest BCUT2D eigenvalue weighted by molar-refractivity contribution is -0.183. The maximum atomic E-state index is 6.14. The highest BCUT2D eigenvalue weighted by molar-refractivity contribution is 5.18. The van der Waals surface area contributed by atoms with E-state index in [1.165, 1.54) is 0 Å². The summed E-state index contributed by atoms with van der Waals surface area (Å²) >= 11 is 0. The average Bonchev–Trinajstić information content (AvgIpc) is 2.44. The van der Waals surface area contributed by atoms with Crippen LogP contribution in [0.15, 0.2) is 12.7 Å². The van der Waals surface area contributed by atoms with E-state index in [2.05, 4.69) is 27.4 Å². The van der Waals surface area contributed by atoms with E-state index in [9.17, 15) is 0 Å². The summed E-state index contributed by atoms with van der Waals surface area (Å²) in [6, 6.07) is 0. The smallest absolute Gasteiger partial charge is 0.164 e. The Bertz CT molecular complexity index is 297. The largest absolute Gasteiger partial charge is 0.344 e. The van der Waals surface area contributed by atoms with Crippen LogP contribution in [0.2, 0.25) is 0 Å². The van der Waals surface area contributed by atoms with Gasteiger partial charge < -0.3 is 9.47 Å². The van der Waals surface area contributed by atoms with E-state index in [4.69, 9.17) is 9.47 Å². The molecule has 86 valence electrons. The van der Waals surface area contributed by atoms with Crippen LogP contribution >= 0.6 is 0 Å². The predicted octanol–water partition coefficient (Wildman–Crippen LogP) is 3.13. The fourth-order valence-corrected chi connectivity index (χ4v) is 3.38. The quantitative estimate of drug-likeness (QED) is 0.619. The molecule has 1 saturated heterocycles. The molecule has 1 saturated carbocycles. The zero-order valence-corrected chi connectivity index (χ0v) is 10.5. The fourth-order valence-electron chi connectivity index (χ4n) is 3.38. The molecule has 1 aliphatic carbocycles.